The molecule has 33 heavy (non-hydrogen) atoms. The fraction of sp³-hybridized carbons (Fsp3) is 0.250. The minimum absolute atomic E-state index is 0.0447. The summed E-state index contributed by atoms with van der Waals surface area (Å²) in [5.74, 6) is 1.54. The van der Waals surface area contributed by atoms with Crippen LogP contribution < -0.4 is 15.0 Å². The molecule has 0 aromatic carbocycles. The Labute approximate surface area is 192 Å². The van der Waals surface area contributed by atoms with Crippen molar-refractivity contribution in [3.8, 4) is 11.9 Å². The summed E-state index contributed by atoms with van der Waals surface area (Å²) >= 11 is 0. The Bertz CT molecular complexity index is 1140. The largest absolute Gasteiger partial charge is 0.506 e. The lowest BCUT2D eigenvalue weighted by Gasteiger charge is -2.35. The Balaban J connectivity index is 1.41. The third-order valence-electron chi connectivity index (χ3n) is 5.63. The van der Waals surface area contributed by atoms with E-state index in [-0.39, 0.29) is 11.3 Å². The number of dihydropyridines is 1. The summed E-state index contributed by atoms with van der Waals surface area (Å²) in [5.41, 5.74) is 3.18. The van der Waals surface area contributed by atoms with Crippen LogP contribution in [0.25, 0.3) is 5.57 Å². The van der Waals surface area contributed by atoms with Gasteiger partial charge in [0.25, 0.3) is 0 Å². The highest BCUT2D eigenvalue weighted by Gasteiger charge is 2.20. The van der Waals surface area contributed by atoms with Crippen LogP contribution in [-0.2, 0) is 6.54 Å². The molecule has 9 nitrogen and oxygen atoms in total. The van der Waals surface area contributed by atoms with Gasteiger partial charge in [-0.05, 0) is 23.8 Å². The number of pyridine rings is 2. The van der Waals surface area contributed by atoms with Gasteiger partial charge >= 0.3 is 0 Å². The lowest BCUT2D eigenvalue weighted by Crippen LogP contribution is -2.46. The number of aromatic nitrogens is 2. The molecule has 2 aliphatic heterocycles. The third kappa shape index (κ3) is 5.02. The summed E-state index contributed by atoms with van der Waals surface area (Å²) in [4.78, 5) is 13.5. The van der Waals surface area contributed by atoms with E-state index in [0.29, 0.717) is 17.2 Å². The van der Waals surface area contributed by atoms with Crippen molar-refractivity contribution in [3.05, 3.63) is 77.1 Å². The average Bonchev–Trinajstić information content (AvgIpc) is 2.86. The van der Waals surface area contributed by atoms with Crippen LogP contribution in [0.4, 0.5) is 5.82 Å². The minimum Gasteiger partial charge on any atom is -0.506 e. The molecule has 4 heterocycles. The predicted octanol–water partition coefficient (Wildman–Crippen LogP) is 2.62. The van der Waals surface area contributed by atoms with Gasteiger partial charge < -0.3 is 25.5 Å². The van der Waals surface area contributed by atoms with Gasteiger partial charge in [0.05, 0.1) is 18.4 Å². The number of hydrogen-bond acceptors (Lipinski definition) is 9. The van der Waals surface area contributed by atoms with E-state index >= 15 is 0 Å². The first-order valence-corrected chi connectivity index (χ1v) is 10.6. The smallest absolute Gasteiger partial charge is 0.212 e. The summed E-state index contributed by atoms with van der Waals surface area (Å²) in [6.07, 6.45) is 7.54. The van der Waals surface area contributed by atoms with E-state index in [1.807, 2.05) is 36.5 Å². The van der Waals surface area contributed by atoms with Crippen LogP contribution in [0.15, 0.2) is 66.0 Å². The van der Waals surface area contributed by atoms with Crippen LogP contribution >= 0.6 is 0 Å². The summed E-state index contributed by atoms with van der Waals surface area (Å²) in [6.45, 7) is 4.41. The maximum Gasteiger partial charge on any atom is 0.212 e. The van der Waals surface area contributed by atoms with Crippen molar-refractivity contribution in [2.75, 3.05) is 38.2 Å². The van der Waals surface area contributed by atoms with E-state index in [1.165, 1.54) is 6.20 Å². The molecule has 0 atom stereocenters. The maximum absolute atomic E-state index is 9.92. The van der Waals surface area contributed by atoms with E-state index < -0.39 is 0 Å². The van der Waals surface area contributed by atoms with Crippen molar-refractivity contribution in [2.24, 2.45) is 0 Å². The standard InChI is InChI=1S/C24H25N7O2/c1-33-23-5-2-17(13-28-23)16-30-6-8-31(9-7-30)22-4-3-18(14-27-22)21-10-20(32)15-29-24(21)19(11-25)12-26/h2-5,10-11,13-15,25,29,32H,6-9,16H2,1H3/b24-19+,25-11?. The van der Waals surface area contributed by atoms with Gasteiger partial charge in [-0.3, -0.25) is 4.90 Å². The van der Waals surface area contributed by atoms with Gasteiger partial charge in [0, 0.05) is 74.7 Å². The third-order valence-corrected chi connectivity index (χ3v) is 5.63. The van der Waals surface area contributed by atoms with E-state index in [9.17, 15) is 10.4 Å². The van der Waals surface area contributed by atoms with Gasteiger partial charge in [0.1, 0.15) is 17.6 Å². The highest BCUT2D eigenvalue weighted by atomic mass is 16.5. The van der Waals surface area contributed by atoms with Crippen LogP contribution in [0, 0.1) is 16.7 Å². The molecule has 0 unspecified atom stereocenters. The number of nitrogens with one attached hydrogen (secondary N) is 2. The number of nitriles is 1. The number of aliphatic hydroxyl groups is 1. The second-order valence-electron chi connectivity index (χ2n) is 7.69. The van der Waals surface area contributed by atoms with Crippen molar-refractivity contribution in [1.29, 1.82) is 10.7 Å². The van der Waals surface area contributed by atoms with Crippen LogP contribution in [0.1, 0.15) is 11.1 Å². The lowest BCUT2D eigenvalue weighted by molar-refractivity contribution is 0.249. The highest BCUT2D eigenvalue weighted by Crippen LogP contribution is 2.28. The Morgan fingerprint density at radius 1 is 1.21 bits per heavy atom. The maximum atomic E-state index is 9.92. The monoisotopic (exact) mass is 443 g/mol. The van der Waals surface area contributed by atoms with Crippen LogP contribution in [0.3, 0.4) is 0 Å². The molecule has 2 aromatic rings. The van der Waals surface area contributed by atoms with Crippen molar-refractivity contribution in [1.82, 2.24) is 20.2 Å². The molecule has 4 rings (SSSR count). The first-order chi connectivity index (χ1) is 16.1. The molecule has 9 heteroatoms. The summed E-state index contributed by atoms with van der Waals surface area (Å²) in [7, 11) is 1.61. The molecule has 0 saturated carbocycles. The zero-order chi connectivity index (χ0) is 23.2. The lowest BCUT2D eigenvalue weighted by atomic mass is 9.98. The molecule has 0 amide bonds. The molecule has 3 N–H and O–H groups in total. The van der Waals surface area contributed by atoms with E-state index in [2.05, 4.69) is 25.1 Å². The summed E-state index contributed by atoms with van der Waals surface area (Å²) < 4.78 is 5.12. The van der Waals surface area contributed by atoms with Gasteiger partial charge in [-0.1, -0.05) is 6.07 Å². The first kappa shape index (κ1) is 22.0. The molecule has 0 aliphatic carbocycles. The fourth-order valence-electron chi connectivity index (χ4n) is 3.85. The Kier molecular flexibility index (Phi) is 6.66. The normalized spacial score (nSPS) is 17.9. The minimum atomic E-state index is 0.0447. The zero-order valence-corrected chi connectivity index (χ0v) is 18.3. The van der Waals surface area contributed by atoms with E-state index in [1.54, 1.807) is 19.4 Å². The number of hydrogen-bond donors (Lipinski definition) is 3. The first-order valence-electron chi connectivity index (χ1n) is 10.6. The van der Waals surface area contributed by atoms with Crippen LogP contribution in [-0.4, -0.2) is 59.5 Å². The Hall–Kier alpha value is -4.16. The van der Waals surface area contributed by atoms with Crippen molar-refractivity contribution in [2.45, 2.75) is 6.54 Å². The number of ether oxygens (including phenoxy) is 1. The number of methoxy groups -OCH3 is 1. The quantitative estimate of drug-likeness (QED) is 0.460. The molecule has 0 radical (unpaired) electrons. The van der Waals surface area contributed by atoms with Gasteiger partial charge in [-0.2, -0.15) is 5.26 Å². The number of anilines is 1. The molecule has 0 spiro atoms. The topological polar surface area (TPSA) is 121 Å². The molecule has 1 fully saturated rings. The van der Waals surface area contributed by atoms with E-state index in [4.69, 9.17) is 10.1 Å². The number of nitrogens with zero attached hydrogens (tertiary/aromatic N) is 5. The predicted molar refractivity (Wildman–Crippen MR) is 126 cm³/mol. The fourth-order valence-corrected chi connectivity index (χ4v) is 3.85. The number of piperazine rings is 1. The van der Waals surface area contributed by atoms with Crippen LogP contribution in [0.2, 0.25) is 0 Å². The van der Waals surface area contributed by atoms with Crippen molar-refractivity contribution in [3.63, 3.8) is 0 Å². The number of allylic oxidation sites excluding steroid dienone is 3. The Morgan fingerprint density at radius 3 is 2.64 bits per heavy atom. The molecular formula is C24H25N7O2. The second-order valence-corrected chi connectivity index (χ2v) is 7.69. The molecule has 2 aromatic heterocycles. The number of rotatable bonds is 6. The van der Waals surface area contributed by atoms with Gasteiger partial charge in [0.2, 0.25) is 5.88 Å². The summed E-state index contributed by atoms with van der Waals surface area (Å²) in [6, 6.07) is 9.79. The van der Waals surface area contributed by atoms with Gasteiger partial charge in [0.15, 0.2) is 0 Å². The average molecular weight is 444 g/mol. The van der Waals surface area contributed by atoms with Crippen molar-refractivity contribution >= 4 is 17.6 Å². The van der Waals surface area contributed by atoms with E-state index in [0.717, 1.165) is 55.9 Å². The molecular weight excluding hydrogens is 418 g/mol. The summed E-state index contributed by atoms with van der Waals surface area (Å²) in [5, 5.41) is 29.6. The van der Waals surface area contributed by atoms with Gasteiger partial charge in [-0.15, -0.1) is 0 Å². The molecule has 168 valence electrons. The number of aliphatic hydroxyl groups excluding tert-OH is 1. The van der Waals surface area contributed by atoms with Crippen molar-refractivity contribution < 1.29 is 9.84 Å². The van der Waals surface area contributed by atoms with Crippen LogP contribution in [0.5, 0.6) is 5.88 Å². The second kappa shape index (κ2) is 9.97. The van der Waals surface area contributed by atoms with Gasteiger partial charge in [-0.25, -0.2) is 9.97 Å². The molecule has 0 bridgehead atoms. The SMILES string of the molecule is COc1ccc(CN2CCN(c3ccc(C4=CC(O)=CN/C4=C(/C#N)C=N)cn3)CC2)cn1. The molecule has 1 saturated heterocycles. The molecule has 2 aliphatic rings. The zero-order valence-electron chi connectivity index (χ0n) is 18.3. The highest BCUT2D eigenvalue weighted by molar-refractivity contribution is 5.92. The Morgan fingerprint density at radius 2 is 2.03 bits per heavy atom.